The lowest BCUT2D eigenvalue weighted by molar-refractivity contribution is -0.130. The highest BCUT2D eigenvalue weighted by molar-refractivity contribution is 7.80. The molecule has 94 valence electrons. The summed E-state index contributed by atoms with van der Waals surface area (Å²) in [6.45, 7) is 3.93. The van der Waals surface area contributed by atoms with Crippen molar-refractivity contribution in [1.82, 2.24) is 4.90 Å². The molecular formula is C11H22N2O2S. The molecular weight excluding hydrogens is 224 g/mol. The second kappa shape index (κ2) is 9.54. The molecule has 2 N–H and O–H groups in total. The summed E-state index contributed by atoms with van der Waals surface area (Å²) in [4.78, 5) is 13.6. The van der Waals surface area contributed by atoms with Crippen molar-refractivity contribution >= 4 is 23.1 Å². The number of ether oxygens (including phenoxy) is 1. The summed E-state index contributed by atoms with van der Waals surface area (Å²) < 4.78 is 5.32. The van der Waals surface area contributed by atoms with Gasteiger partial charge in [0.25, 0.3) is 0 Å². The van der Waals surface area contributed by atoms with Crippen LogP contribution in [0.15, 0.2) is 0 Å². The highest BCUT2D eigenvalue weighted by Crippen LogP contribution is 1.95. The number of hydrogen-bond acceptors (Lipinski definition) is 3. The second-order valence-electron chi connectivity index (χ2n) is 3.75. The van der Waals surface area contributed by atoms with Crippen molar-refractivity contribution in [2.24, 2.45) is 5.73 Å². The predicted octanol–water partition coefficient (Wildman–Crippen LogP) is 1.33. The molecule has 0 aromatic heterocycles. The van der Waals surface area contributed by atoms with E-state index in [1.165, 1.54) is 0 Å². The van der Waals surface area contributed by atoms with Gasteiger partial charge >= 0.3 is 0 Å². The zero-order valence-electron chi connectivity index (χ0n) is 10.2. The maximum atomic E-state index is 11.6. The minimum atomic E-state index is 0.0766. The molecule has 0 bridgehead atoms. The fourth-order valence-electron chi connectivity index (χ4n) is 1.10. The zero-order valence-corrected chi connectivity index (χ0v) is 11.0. The van der Waals surface area contributed by atoms with E-state index in [1.807, 2.05) is 0 Å². The molecule has 1 amide bonds. The summed E-state index contributed by atoms with van der Waals surface area (Å²) in [6.07, 6.45) is 3.17. The molecule has 0 unspecified atom stereocenters. The molecule has 0 atom stereocenters. The number of carbonyl (C=O) groups excluding carboxylic acids is 1. The van der Waals surface area contributed by atoms with Gasteiger partial charge in [0.1, 0.15) is 0 Å². The number of carbonyl (C=O) groups is 1. The Bertz CT molecular complexity index is 222. The normalized spacial score (nSPS) is 10.1. The number of nitrogens with zero attached hydrogens (tertiary/aromatic N) is 1. The van der Waals surface area contributed by atoms with Gasteiger partial charge in [-0.05, 0) is 6.42 Å². The molecule has 0 fully saturated rings. The molecule has 0 saturated carbocycles. The number of rotatable bonds is 9. The van der Waals surface area contributed by atoms with Crippen LogP contribution in [-0.4, -0.2) is 42.6 Å². The molecule has 0 spiro atoms. The summed E-state index contributed by atoms with van der Waals surface area (Å²) >= 11 is 4.75. The molecule has 0 rings (SSSR count). The Morgan fingerprint density at radius 1 is 1.38 bits per heavy atom. The number of unbranched alkanes of at least 4 members (excludes halogenated alkanes) is 1. The lowest BCUT2D eigenvalue weighted by Crippen LogP contribution is -2.30. The van der Waals surface area contributed by atoms with Crippen molar-refractivity contribution in [1.29, 1.82) is 0 Å². The van der Waals surface area contributed by atoms with Gasteiger partial charge in [0.15, 0.2) is 0 Å². The van der Waals surface area contributed by atoms with E-state index >= 15 is 0 Å². The minimum Gasteiger partial charge on any atom is -0.393 e. The van der Waals surface area contributed by atoms with E-state index in [1.54, 1.807) is 11.9 Å². The summed E-state index contributed by atoms with van der Waals surface area (Å²) in [6, 6.07) is 0. The predicted molar refractivity (Wildman–Crippen MR) is 69.4 cm³/mol. The lowest BCUT2D eigenvalue weighted by Gasteiger charge is -2.16. The van der Waals surface area contributed by atoms with E-state index in [9.17, 15) is 4.79 Å². The fraction of sp³-hybridized carbons (Fsp3) is 0.818. The third kappa shape index (κ3) is 8.61. The zero-order chi connectivity index (χ0) is 12.4. The fourth-order valence-corrected chi connectivity index (χ4v) is 1.19. The third-order valence-corrected chi connectivity index (χ3v) is 2.43. The van der Waals surface area contributed by atoms with Crippen LogP contribution in [0.5, 0.6) is 0 Å². The molecule has 16 heavy (non-hydrogen) atoms. The largest absolute Gasteiger partial charge is 0.393 e. The van der Waals surface area contributed by atoms with E-state index < -0.39 is 0 Å². The average Bonchev–Trinajstić information content (AvgIpc) is 2.25. The van der Waals surface area contributed by atoms with Crippen molar-refractivity contribution in [2.75, 3.05) is 26.8 Å². The lowest BCUT2D eigenvalue weighted by atomic mass is 10.3. The Morgan fingerprint density at radius 2 is 2.06 bits per heavy atom. The molecule has 0 aromatic rings. The van der Waals surface area contributed by atoms with E-state index in [0.717, 1.165) is 19.4 Å². The van der Waals surface area contributed by atoms with Crippen LogP contribution in [0.4, 0.5) is 0 Å². The second-order valence-corrected chi connectivity index (χ2v) is 4.27. The van der Waals surface area contributed by atoms with Crippen LogP contribution in [0.1, 0.15) is 32.6 Å². The van der Waals surface area contributed by atoms with Crippen LogP contribution >= 0.6 is 12.2 Å². The molecule has 0 saturated heterocycles. The van der Waals surface area contributed by atoms with Crippen LogP contribution in [0.25, 0.3) is 0 Å². The van der Waals surface area contributed by atoms with E-state index in [0.29, 0.717) is 31.0 Å². The molecule has 0 aromatic carbocycles. The van der Waals surface area contributed by atoms with E-state index in [-0.39, 0.29) is 5.91 Å². The van der Waals surface area contributed by atoms with Gasteiger partial charge < -0.3 is 15.4 Å². The van der Waals surface area contributed by atoms with Crippen molar-refractivity contribution in [2.45, 2.75) is 32.6 Å². The number of hydrogen-bond donors (Lipinski definition) is 1. The standard InChI is InChI=1S/C11H22N2O2S/c1-3-4-8-15-9-6-11(14)13(2)7-5-10(12)16/h3-9H2,1-2H3,(H2,12,16). The monoisotopic (exact) mass is 246 g/mol. The van der Waals surface area contributed by atoms with Crippen molar-refractivity contribution in [3.8, 4) is 0 Å². The van der Waals surface area contributed by atoms with Gasteiger partial charge in [0.05, 0.1) is 18.0 Å². The van der Waals surface area contributed by atoms with Gasteiger partial charge in [0, 0.05) is 26.6 Å². The Morgan fingerprint density at radius 3 is 2.62 bits per heavy atom. The Balaban J connectivity index is 3.51. The van der Waals surface area contributed by atoms with Crippen LogP contribution < -0.4 is 5.73 Å². The molecule has 0 aliphatic rings. The maximum Gasteiger partial charge on any atom is 0.224 e. The van der Waals surface area contributed by atoms with Crippen LogP contribution in [0.3, 0.4) is 0 Å². The van der Waals surface area contributed by atoms with Crippen LogP contribution in [-0.2, 0) is 9.53 Å². The molecule has 0 aliphatic carbocycles. The third-order valence-electron chi connectivity index (χ3n) is 2.22. The summed E-state index contributed by atoms with van der Waals surface area (Å²) in [7, 11) is 1.76. The first-order valence-electron chi connectivity index (χ1n) is 5.68. The molecule has 5 heteroatoms. The molecule has 4 nitrogen and oxygen atoms in total. The summed E-state index contributed by atoms with van der Waals surface area (Å²) in [5.41, 5.74) is 5.36. The Hall–Kier alpha value is -0.680. The first-order chi connectivity index (χ1) is 7.57. The van der Waals surface area contributed by atoms with Crippen molar-refractivity contribution in [3.05, 3.63) is 0 Å². The smallest absolute Gasteiger partial charge is 0.224 e. The minimum absolute atomic E-state index is 0.0766. The molecule has 0 radical (unpaired) electrons. The van der Waals surface area contributed by atoms with E-state index in [2.05, 4.69) is 6.92 Å². The van der Waals surface area contributed by atoms with Gasteiger partial charge in [0.2, 0.25) is 5.91 Å². The highest BCUT2D eigenvalue weighted by atomic mass is 32.1. The SMILES string of the molecule is CCCCOCCC(=O)N(C)CCC(N)=S. The summed E-state index contributed by atoms with van der Waals surface area (Å²) in [5.74, 6) is 0.0766. The van der Waals surface area contributed by atoms with Gasteiger partial charge in [-0.15, -0.1) is 0 Å². The van der Waals surface area contributed by atoms with Crippen LogP contribution in [0, 0.1) is 0 Å². The van der Waals surface area contributed by atoms with Crippen molar-refractivity contribution in [3.63, 3.8) is 0 Å². The van der Waals surface area contributed by atoms with Crippen molar-refractivity contribution < 1.29 is 9.53 Å². The van der Waals surface area contributed by atoms with Crippen LogP contribution in [0.2, 0.25) is 0 Å². The first kappa shape index (κ1) is 15.3. The topological polar surface area (TPSA) is 55.6 Å². The van der Waals surface area contributed by atoms with E-state index in [4.69, 9.17) is 22.7 Å². The van der Waals surface area contributed by atoms with Gasteiger partial charge in [-0.3, -0.25) is 4.79 Å². The molecule has 0 heterocycles. The number of thiocarbonyl (C=S) groups is 1. The number of amides is 1. The highest BCUT2D eigenvalue weighted by Gasteiger charge is 2.08. The maximum absolute atomic E-state index is 11.6. The molecule has 0 aliphatic heterocycles. The quantitative estimate of drug-likeness (QED) is 0.492. The van der Waals surface area contributed by atoms with Gasteiger partial charge in [-0.1, -0.05) is 25.6 Å². The van der Waals surface area contributed by atoms with Gasteiger partial charge in [-0.25, -0.2) is 0 Å². The Labute approximate surface area is 103 Å². The number of nitrogens with two attached hydrogens (primary N) is 1. The first-order valence-corrected chi connectivity index (χ1v) is 6.08. The average molecular weight is 246 g/mol. The van der Waals surface area contributed by atoms with Gasteiger partial charge in [-0.2, -0.15) is 0 Å². The Kier molecular flexibility index (Phi) is 9.13. The summed E-state index contributed by atoms with van der Waals surface area (Å²) in [5, 5.41) is 0.